The molecule has 3 aromatic rings. The molecule has 0 spiro atoms. The van der Waals surface area contributed by atoms with Crippen LogP contribution in [-0.4, -0.2) is 94.5 Å². The van der Waals surface area contributed by atoms with Crippen LogP contribution in [0.3, 0.4) is 0 Å². The first-order chi connectivity index (χ1) is 18.0. The van der Waals surface area contributed by atoms with Gasteiger partial charge in [-0.2, -0.15) is 24.9 Å². The highest BCUT2D eigenvalue weighted by Crippen LogP contribution is 2.40. The number of hydrogen-bond acceptors (Lipinski definition) is 13. The molecule has 13 nitrogen and oxygen atoms in total. The van der Waals surface area contributed by atoms with Gasteiger partial charge in [-0.15, -0.1) is 0 Å². The van der Waals surface area contributed by atoms with Gasteiger partial charge in [-0.1, -0.05) is 11.8 Å². The maximum atomic E-state index is 12.6. The Morgan fingerprint density at radius 3 is 2.74 bits per heavy atom. The Kier molecular flexibility index (Phi) is 9.24. The number of aromatic nitrogens is 6. The number of ether oxygens (including phenoxy) is 1. The number of rotatable bonds is 12. The summed E-state index contributed by atoms with van der Waals surface area (Å²) in [5, 5.41) is 24.3. The molecule has 0 radical (unpaired) electrons. The van der Waals surface area contributed by atoms with Crippen LogP contribution in [0, 0.1) is 0 Å². The van der Waals surface area contributed by atoms with Crippen molar-refractivity contribution in [3.05, 3.63) is 25.0 Å². The van der Waals surface area contributed by atoms with Crippen molar-refractivity contribution in [2.45, 2.75) is 42.3 Å². The zero-order chi connectivity index (χ0) is 27.5. The molecule has 210 valence electrons. The summed E-state index contributed by atoms with van der Waals surface area (Å²) in [5.41, 5.74) is 0.423. The second-order valence-electron chi connectivity index (χ2n) is 8.07. The zero-order valence-electron chi connectivity index (χ0n) is 19.8. The summed E-state index contributed by atoms with van der Waals surface area (Å²) in [4.78, 5) is 28.8. The van der Waals surface area contributed by atoms with Gasteiger partial charge in [0.25, 0.3) is 0 Å². The summed E-state index contributed by atoms with van der Waals surface area (Å²) < 4.78 is 63.0. The highest BCUT2D eigenvalue weighted by molar-refractivity contribution is 7.99. The maximum Gasteiger partial charge on any atom is 0.389 e. The van der Waals surface area contributed by atoms with E-state index in [1.807, 2.05) is 6.26 Å². The van der Waals surface area contributed by atoms with E-state index >= 15 is 0 Å². The molecule has 0 saturated carbocycles. The summed E-state index contributed by atoms with van der Waals surface area (Å²) in [7, 11) is -4.57. The summed E-state index contributed by atoms with van der Waals surface area (Å²) >= 11 is 2.38. The normalized spacial score (nSPS) is 23.7. The van der Waals surface area contributed by atoms with Crippen LogP contribution in [0.2, 0.25) is 0 Å². The number of anilines is 1. The van der Waals surface area contributed by atoms with E-state index in [1.165, 1.54) is 23.3 Å². The number of nitrogens with zero attached hydrogens (tertiary/aromatic N) is 6. The van der Waals surface area contributed by atoms with E-state index in [0.29, 0.717) is 6.54 Å². The van der Waals surface area contributed by atoms with E-state index in [9.17, 15) is 32.8 Å². The molecular weight excluding hydrogens is 574 g/mol. The summed E-state index contributed by atoms with van der Waals surface area (Å²) in [6.07, 6.45) is -4.24. The number of hydrogen-bond donors (Lipinski definition) is 3. The second-order valence-corrected chi connectivity index (χ2v) is 11.8. The highest BCUT2D eigenvalue weighted by Gasteiger charge is 2.45. The van der Waals surface area contributed by atoms with Crippen molar-refractivity contribution < 1.29 is 42.1 Å². The molecule has 38 heavy (non-hydrogen) atoms. The van der Waals surface area contributed by atoms with Gasteiger partial charge in [-0.3, -0.25) is 13.5 Å². The monoisotopic (exact) mass is 598 g/mol. The number of aliphatic hydroxyl groups is 2. The number of fused-ring (bicyclic) bond motifs is 1. The van der Waals surface area contributed by atoms with Crippen molar-refractivity contribution in [2.24, 2.45) is 0 Å². The van der Waals surface area contributed by atoms with E-state index in [0.717, 1.165) is 28.2 Å². The van der Waals surface area contributed by atoms with Crippen LogP contribution in [0.25, 0.3) is 11.2 Å². The lowest BCUT2D eigenvalue weighted by molar-refractivity contribution is -0.205. The van der Waals surface area contributed by atoms with E-state index < -0.39 is 51.5 Å². The molecule has 5 atom stereocenters. The van der Waals surface area contributed by atoms with Crippen LogP contribution in [0.4, 0.5) is 19.0 Å². The molecule has 1 fully saturated rings. The molecular formula is C19H24F3N7O6PS2-. The van der Waals surface area contributed by atoms with Crippen LogP contribution in [0.5, 0.6) is 0 Å². The standard InChI is InChI=1S/C19H25F3N7O6PS2/c1-37-7-4-24-15-12-16(27-18(26-15)38-6-2-19(20,21)22)29(10-25-12)17-14(31)13(30)11(35-17)8-34-36(32,33)28-5-3-23-9-28/h3,5,9-11,13-14,17,30-31H,2,4,6-8H2,1H3,(H,32,33)(H,24,26,27)/p-1/t11-,13?,14+,17-/m1/s1. The number of alkyl halides is 3. The minimum atomic E-state index is -4.57. The minimum Gasteiger partial charge on any atom is -0.761 e. The van der Waals surface area contributed by atoms with Crippen molar-refractivity contribution in [1.29, 1.82) is 0 Å². The average molecular weight is 599 g/mol. The van der Waals surface area contributed by atoms with Crippen molar-refractivity contribution >= 4 is 48.3 Å². The van der Waals surface area contributed by atoms with Gasteiger partial charge in [0.15, 0.2) is 28.4 Å². The smallest absolute Gasteiger partial charge is 0.389 e. The molecule has 4 heterocycles. The molecule has 4 rings (SSSR count). The Labute approximate surface area is 222 Å². The van der Waals surface area contributed by atoms with Gasteiger partial charge in [0.2, 0.25) is 7.75 Å². The Balaban J connectivity index is 1.56. The number of aliphatic hydroxyl groups excluding tert-OH is 2. The molecule has 1 saturated heterocycles. The molecule has 1 aliphatic heterocycles. The first kappa shape index (κ1) is 29.1. The molecule has 2 unspecified atom stereocenters. The van der Waals surface area contributed by atoms with Crippen LogP contribution in [0.1, 0.15) is 12.6 Å². The lowest BCUT2D eigenvalue weighted by atomic mass is 10.1. The molecule has 3 N–H and O–H groups in total. The van der Waals surface area contributed by atoms with E-state index in [1.54, 1.807) is 11.8 Å². The van der Waals surface area contributed by atoms with Crippen LogP contribution >= 0.6 is 31.3 Å². The van der Waals surface area contributed by atoms with E-state index in [4.69, 9.17) is 9.26 Å². The predicted octanol–water partition coefficient (Wildman–Crippen LogP) is 1.49. The fourth-order valence-corrected chi connectivity index (χ4v) is 5.53. The number of thioether (sulfide) groups is 2. The third kappa shape index (κ3) is 6.80. The quantitative estimate of drug-likeness (QED) is 0.119. The lowest BCUT2D eigenvalue weighted by Gasteiger charge is -2.25. The highest BCUT2D eigenvalue weighted by atomic mass is 32.2. The van der Waals surface area contributed by atoms with Gasteiger partial charge in [-0.25, -0.2) is 19.9 Å². The first-order valence-electron chi connectivity index (χ1n) is 11.1. The minimum absolute atomic E-state index is 0.0516. The van der Waals surface area contributed by atoms with Gasteiger partial charge >= 0.3 is 6.18 Å². The van der Waals surface area contributed by atoms with E-state index in [2.05, 4.69) is 25.3 Å². The zero-order valence-corrected chi connectivity index (χ0v) is 22.3. The Morgan fingerprint density at radius 2 is 2.05 bits per heavy atom. The number of nitrogens with one attached hydrogen (secondary N) is 1. The average Bonchev–Trinajstić information content (AvgIpc) is 3.59. The van der Waals surface area contributed by atoms with Crippen LogP contribution < -0.4 is 10.2 Å². The number of halogens is 3. The molecule has 3 aromatic heterocycles. The summed E-state index contributed by atoms with van der Waals surface area (Å²) in [6.45, 7) is -0.102. The Morgan fingerprint density at radius 1 is 1.26 bits per heavy atom. The SMILES string of the molecule is CSCCNc1nc(SCCC(F)(F)F)nc2c1ncn2[C@@H]1O[C@H](COP(=O)([O-])n2ccnc2)C(O)[C@@H]1O. The van der Waals surface area contributed by atoms with E-state index in [-0.39, 0.29) is 27.9 Å². The topological polar surface area (TPSA) is 172 Å². The molecule has 0 aromatic carbocycles. The first-order valence-corrected chi connectivity index (χ1v) is 15.0. The third-order valence-corrected chi connectivity index (χ3v) is 8.14. The van der Waals surface area contributed by atoms with Crippen LogP contribution in [0.15, 0.2) is 30.2 Å². The van der Waals surface area contributed by atoms with Gasteiger partial charge in [0, 0.05) is 30.4 Å². The van der Waals surface area contributed by atoms with Crippen LogP contribution in [-0.2, 0) is 13.8 Å². The van der Waals surface area contributed by atoms with Gasteiger partial charge in [0.05, 0.1) is 19.4 Å². The van der Waals surface area contributed by atoms with Crippen molar-refractivity contribution in [3.63, 3.8) is 0 Å². The molecule has 0 bridgehead atoms. The third-order valence-electron chi connectivity index (χ3n) is 5.40. The Bertz CT molecular complexity index is 1270. The second kappa shape index (κ2) is 12.1. The predicted molar refractivity (Wildman–Crippen MR) is 131 cm³/mol. The molecule has 1 aliphatic rings. The Hall–Kier alpha value is -1.92. The van der Waals surface area contributed by atoms with Gasteiger partial charge in [0.1, 0.15) is 24.6 Å². The van der Waals surface area contributed by atoms with Gasteiger partial charge < -0.3 is 29.7 Å². The van der Waals surface area contributed by atoms with Gasteiger partial charge in [-0.05, 0) is 6.26 Å². The number of imidazole rings is 2. The molecule has 19 heteroatoms. The van der Waals surface area contributed by atoms with Crippen molar-refractivity contribution in [3.8, 4) is 0 Å². The van der Waals surface area contributed by atoms with Crippen molar-refractivity contribution in [1.82, 2.24) is 28.8 Å². The fourth-order valence-electron chi connectivity index (χ4n) is 3.53. The fraction of sp³-hybridized carbons (Fsp3) is 0.579. The molecule has 0 amide bonds. The van der Waals surface area contributed by atoms with Crippen molar-refractivity contribution in [2.75, 3.05) is 36.2 Å². The summed E-state index contributed by atoms with van der Waals surface area (Å²) in [6, 6.07) is 0. The summed E-state index contributed by atoms with van der Waals surface area (Å²) in [5.74, 6) is 0.710. The largest absolute Gasteiger partial charge is 0.761 e. The lowest BCUT2D eigenvalue weighted by Crippen LogP contribution is -2.34. The maximum absolute atomic E-state index is 12.6. The molecule has 0 aliphatic carbocycles.